The lowest BCUT2D eigenvalue weighted by molar-refractivity contribution is 0.0601. The number of benzene rings is 1. The van der Waals surface area contributed by atoms with Gasteiger partial charge in [-0.05, 0) is 37.0 Å². The fraction of sp³-hybridized carbons (Fsp3) is 0.529. The largest absolute Gasteiger partial charge is 0.465 e. The zero-order valence-corrected chi connectivity index (χ0v) is 12.5. The van der Waals surface area contributed by atoms with E-state index in [9.17, 15) is 4.79 Å². The van der Waals surface area contributed by atoms with Crippen LogP contribution in [-0.2, 0) is 11.3 Å². The minimum Gasteiger partial charge on any atom is -0.465 e. The Bertz CT molecular complexity index is 625. The summed E-state index contributed by atoms with van der Waals surface area (Å²) in [5, 5.41) is 0. The normalized spacial score (nSPS) is 16.8. The van der Waals surface area contributed by atoms with Gasteiger partial charge in [0.1, 0.15) is 0 Å². The maximum Gasteiger partial charge on any atom is 0.337 e. The summed E-state index contributed by atoms with van der Waals surface area (Å²) in [6.07, 6.45) is 10.00. The van der Waals surface area contributed by atoms with Gasteiger partial charge in [0, 0.05) is 6.54 Å². The van der Waals surface area contributed by atoms with Crippen molar-refractivity contribution in [1.29, 1.82) is 0 Å². The Morgan fingerprint density at radius 1 is 1.29 bits per heavy atom. The van der Waals surface area contributed by atoms with E-state index in [1.54, 1.807) is 0 Å². The molecule has 0 saturated heterocycles. The Balaban J connectivity index is 1.81. The number of carbonyl (C=O) groups excluding carboxylic acids is 1. The summed E-state index contributed by atoms with van der Waals surface area (Å²) in [5.74, 6) is 0.445. The van der Waals surface area contributed by atoms with Crippen molar-refractivity contribution in [1.82, 2.24) is 9.55 Å². The summed E-state index contributed by atoms with van der Waals surface area (Å²) in [5.41, 5.74) is 2.53. The fourth-order valence-electron chi connectivity index (χ4n) is 3.28. The number of fused-ring (bicyclic) bond motifs is 1. The number of esters is 1. The molecule has 1 saturated carbocycles. The van der Waals surface area contributed by atoms with Crippen LogP contribution in [0.3, 0.4) is 0 Å². The number of carbonyl (C=O) groups is 1. The Morgan fingerprint density at radius 3 is 2.76 bits per heavy atom. The molecule has 0 N–H and O–H groups in total. The van der Waals surface area contributed by atoms with Gasteiger partial charge in [0.2, 0.25) is 0 Å². The molecule has 0 unspecified atom stereocenters. The van der Waals surface area contributed by atoms with E-state index in [2.05, 4.69) is 9.55 Å². The fourth-order valence-corrected chi connectivity index (χ4v) is 3.28. The van der Waals surface area contributed by atoms with E-state index in [4.69, 9.17) is 4.74 Å². The topological polar surface area (TPSA) is 44.1 Å². The molecule has 1 aromatic heterocycles. The molecule has 0 atom stereocenters. The van der Waals surface area contributed by atoms with Crippen LogP contribution in [0.4, 0.5) is 0 Å². The van der Waals surface area contributed by atoms with Crippen LogP contribution in [-0.4, -0.2) is 22.6 Å². The number of methoxy groups -OCH3 is 1. The van der Waals surface area contributed by atoms with Crippen molar-refractivity contribution in [3.63, 3.8) is 0 Å². The van der Waals surface area contributed by atoms with E-state index < -0.39 is 0 Å². The predicted octanol–water partition coefficient (Wildman–Crippen LogP) is 3.79. The summed E-state index contributed by atoms with van der Waals surface area (Å²) in [6, 6.07) is 5.61. The van der Waals surface area contributed by atoms with Gasteiger partial charge < -0.3 is 9.30 Å². The number of aromatic nitrogens is 2. The van der Waals surface area contributed by atoms with Crippen LogP contribution < -0.4 is 0 Å². The van der Waals surface area contributed by atoms with Gasteiger partial charge in [0.15, 0.2) is 0 Å². The van der Waals surface area contributed by atoms with E-state index in [-0.39, 0.29) is 5.97 Å². The Hall–Kier alpha value is -1.84. The molecule has 0 bridgehead atoms. The molecule has 1 fully saturated rings. The van der Waals surface area contributed by atoms with Crippen LogP contribution in [0.2, 0.25) is 0 Å². The van der Waals surface area contributed by atoms with Crippen LogP contribution in [0.1, 0.15) is 48.9 Å². The molecule has 3 rings (SSSR count). The molecule has 112 valence electrons. The van der Waals surface area contributed by atoms with Crippen LogP contribution in [0.5, 0.6) is 0 Å². The first kappa shape index (κ1) is 14.1. The predicted molar refractivity (Wildman–Crippen MR) is 82.3 cm³/mol. The molecule has 1 aliphatic carbocycles. The summed E-state index contributed by atoms with van der Waals surface area (Å²) >= 11 is 0. The number of hydrogen-bond donors (Lipinski definition) is 0. The first-order chi connectivity index (χ1) is 10.3. The van der Waals surface area contributed by atoms with Crippen molar-refractivity contribution in [3.05, 3.63) is 30.1 Å². The first-order valence-electron chi connectivity index (χ1n) is 7.81. The Kier molecular flexibility index (Phi) is 4.23. The quantitative estimate of drug-likeness (QED) is 0.637. The van der Waals surface area contributed by atoms with Crippen molar-refractivity contribution in [2.24, 2.45) is 5.92 Å². The average Bonchev–Trinajstić information content (AvgIpc) is 2.73. The van der Waals surface area contributed by atoms with Crippen molar-refractivity contribution in [3.8, 4) is 0 Å². The van der Waals surface area contributed by atoms with Gasteiger partial charge in [-0.25, -0.2) is 9.78 Å². The van der Waals surface area contributed by atoms with Gasteiger partial charge in [0.25, 0.3) is 0 Å². The number of imidazole rings is 1. The second-order valence-corrected chi connectivity index (χ2v) is 5.95. The van der Waals surface area contributed by atoms with Crippen LogP contribution in [0, 0.1) is 5.92 Å². The lowest BCUT2D eigenvalue weighted by atomic mass is 10.0. The highest BCUT2D eigenvalue weighted by atomic mass is 16.5. The van der Waals surface area contributed by atoms with Gasteiger partial charge in [-0.3, -0.25) is 0 Å². The molecule has 0 aliphatic heterocycles. The van der Waals surface area contributed by atoms with Crippen LogP contribution in [0.25, 0.3) is 11.0 Å². The van der Waals surface area contributed by atoms with Crippen LogP contribution >= 0.6 is 0 Å². The lowest BCUT2D eigenvalue weighted by Crippen LogP contribution is -2.09. The lowest BCUT2D eigenvalue weighted by Gasteiger charge is -2.15. The van der Waals surface area contributed by atoms with Crippen molar-refractivity contribution >= 4 is 17.0 Å². The molecule has 0 radical (unpaired) electrons. The van der Waals surface area contributed by atoms with Gasteiger partial charge in [0.05, 0.1) is 30.0 Å². The summed E-state index contributed by atoms with van der Waals surface area (Å²) in [7, 11) is 1.40. The number of rotatable bonds is 3. The minimum absolute atomic E-state index is 0.310. The molecule has 4 nitrogen and oxygen atoms in total. The summed E-state index contributed by atoms with van der Waals surface area (Å²) < 4.78 is 6.98. The minimum atomic E-state index is -0.310. The third kappa shape index (κ3) is 3.09. The molecule has 1 heterocycles. The van der Waals surface area contributed by atoms with Gasteiger partial charge in [-0.15, -0.1) is 0 Å². The summed E-state index contributed by atoms with van der Waals surface area (Å²) in [4.78, 5) is 16.0. The molecule has 1 aromatic carbocycles. The van der Waals surface area contributed by atoms with E-state index in [0.717, 1.165) is 23.5 Å². The number of nitrogens with zero attached hydrogens (tertiary/aromatic N) is 2. The Morgan fingerprint density at radius 2 is 2.05 bits per heavy atom. The second kappa shape index (κ2) is 6.29. The van der Waals surface area contributed by atoms with Crippen LogP contribution in [0.15, 0.2) is 24.5 Å². The van der Waals surface area contributed by atoms with E-state index in [0.29, 0.717) is 5.56 Å². The van der Waals surface area contributed by atoms with Gasteiger partial charge >= 0.3 is 5.97 Å². The highest BCUT2D eigenvalue weighted by Crippen LogP contribution is 2.26. The molecular formula is C17H22N2O2. The molecule has 4 heteroatoms. The summed E-state index contributed by atoms with van der Waals surface area (Å²) in [6.45, 7) is 1.04. The molecule has 1 aliphatic rings. The first-order valence-corrected chi connectivity index (χ1v) is 7.81. The maximum atomic E-state index is 11.6. The molecule has 2 aromatic rings. The molecular weight excluding hydrogens is 264 g/mol. The van der Waals surface area contributed by atoms with Gasteiger partial charge in [-0.2, -0.15) is 0 Å². The third-order valence-electron chi connectivity index (χ3n) is 4.47. The zero-order chi connectivity index (χ0) is 14.7. The smallest absolute Gasteiger partial charge is 0.337 e. The SMILES string of the molecule is COC(=O)c1ccc2c(c1)ncn2CC1CCCCCC1. The van der Waals surface area contributed by atoms with Crippen molar-refractivity contribution in [2.75, 3.05) is 7.11 Å². The van der Waals surface area contributed by atoms with E-state index in [1.807, 2.05) is 24.5 Å². The average molecular weight is 286 g/mol. The second-order valence-electron chi connectivity index (χ2n) is 5.95. The number of hydrogen-bond acceptors (Lipinski definition) is 3. The molecule has 0 amide bonds. The van der Waals surface area contributed by atoms with E-state index in [1.165, 1.54) is 45.6 Å². The molecule has 0 spiro atoms. The Labute approximate surface area is 125 Å². The van der Waals surface area contributed by atoms with Crippen molar-refractivity contribution < 1.29 is 9.53 Å². The monoisotopic (exact) mass is 286 g/mol. The zero-order valence-electron chi connectivity index (χ0n) is 12.5. The van der Waals surface area contributed by atoms with Crippen molar-refractivity contribution in [2.45, 2.75) is 45.1 Å². The highest BCUT2D eigenvalue weighted by Gasteiger charge is 2.15. The number of ether oxygens (including phenoxy) is 1. The molecule has 21 heavy (non-hydrogen) atoms. The highest BCUT2D eigenvalue weighted by molar-refractivity contribution is 5.93. The maximum absolute atomic E-state index is 11.6. The third-order valence-corrected chi connectivity index (χ3v) is 4.47. The van der Waals surface area contributed by atoms with E-state index >= 15 is 0 Å². The standard InChI is InChI=1S/C17H22N2O2/c1-21-17(20)14-8-9-16-15(10-14)18-12-19(16)11-13-6-4-2-3-5-7-13/h8-10,12-13H,2-7,11H2,1H3. The van der Waals surface area contributed by atoms with Gasteiger partial charge in [-0.1, -0.05) is 25.7 Å².